The highest BCUT2D eigenvalue weighted by molar-refractivity contribution is 5.45. The van der Waals surface area contributed by atoms with Gasteiger partial charge in [0, 0.05) is 18.5 Å². The zero-order chi connectivity index (χ0) is 19.8. The van der Waals surface area contributed by atoms with Crippen molar-refractivity contribution < 1.29 is 4.74 Å². The minimum absolute atomic E-state index is 0.217. The average molecular weight is 374 g/mol. The second kappa shape index (κ2) is 9.40. The molecular formula is C24H27N3O. The molecule has 1 aliphatic heterocycles. The number of ether oxygens (including phenoxy) is 1. The molecule has 1 fully saturated rings. The summed E-state index contributed by atoms with van der Waals surface area (Å²) < 4.78 is 5.58. The van der Waals surface area contributed by atoms with E-state index in [1.807, 2.05) is 30.3 Å². The lowest BCUT2D eigenvalue weighted by Gasteiger charge is -2.41. The highest BCUT2D eigenvalue weighted by Crippen LogP contribution is 2.45. The van der Waals surface area contributed by atoms with Gasteiger partial charge < -0.3 is 4.74 Å². The van der Waals surface area contributed by atoms with Gasteiger partial charge in [0.15, 0.2) is 0 Å². The van der Waals surface area contributed by atoms with Gasteiger partial charge in [-0.3, -0.25) is 4.90 Å². The lowest BCUT2D eigenvalue weighted by molar-refractivity contribution is 0.137. The molecule has 0 radical (unpaired) electrons. The van der Waals surface area contributed by atoms with Crippen LogP contribution in [0.5, 0.6) is 5.75 Å². The second-order valence-corrected chi connectivity index (χ2v) is 7.48. The molecule has 4 nitrogen and oxygen atoms in total. The Hall–Kier alpha value is -2.82. The molecule has 1 unspecified atom stereocenters. The van der Waals surface area contributed by atoms with Gasteiger partial charge >= 0.3 is 0 Å². The Morgan fingerprint density at radius 2 is 1.71 bits per heavy atom. The predicted molar refractivity (Wildman–Crippen MR) is 110 cm³/mol. The van der Waals surface area contributed by atoms with Crippen molar-refractivity contribution in [1.82, 2.24) is 4.90 Å². The molecule has 28 heavy (non-hydrogen) atoms. The average Bonchev–Trinajstić information content (AvgIpc) is 2.76. The zero-order valence-corrected chi connectivity index (χ0v) is 16.5. The monoisotopic (exact) mass is 373 g/mol. The summed E-state index contributed by atoms with van der Waals surface area (Å²) in [6.45, 7) is 2.87. The van der Waals surface area contributed by atoms with Gasteiger partial charge in [0.25, 0.3) is 0 Å². The van der Waals surface area contributed by atoms with E-state index in [1.165, 1.54) is 5.56 Å². The summed E-state index contributed by atoms with van der Waals surface area (Å²) in [5, 5.41) is 19.5. The van der Waals surface area contributed by atoms with E-state index in [9.17, 15) is 10.5 Å². The molecule has 1 heterocycles. The van der Waals surface area contributed by atoms with Crippen molar-refractivity contribution in [3.8, 4) is 17.9 Å². The number of hydrogen-bond donors (Lipinski definition) is 0. The Labute approximate surface area is 168 Å². The Bertz CT molecular complexity index is 844. The van der Waals surface area contributed by atoms with Crippen molar-refractivity contribution >= 4 is 0 Å². The maximum absolute atomic E-state index is 10.3. The molecule has 1 saturated heterocycles. The number of nitrogens with zero attached hydrogens (tertiary/aromatic N) is 3. The van der Waals surface area contributed by atoms with Crippen molar-refractivity contribution in [2.24, 2.45) is 5.92 Å². The molecule has 4 heteroatoms. The van der Waals surface area contributed by atoms with E-state index in [2.05, 4.69) is 41.3 Å². The van der Waals surface area contributed by atoms with Gasteiger partial charge in [0.2, 0.25) is 0 Å². The van der Waals surface area contributed by atoms with Crippen molar-refractivity contribution in [1.29, 1.82) is 10.5 Å². The summed E-state index contributed by atoms with van der Waals surface area (Å²) in [6.07, 6.45) is 2.81. The van der Waals surface area contributed by atoms with E-state index in [0.29, 0.717) is 12.8 Å². The lowest BCUT2D eigenvalue weighted by atomic mass is 9.65. The third-order valence-corrected chi connectivity index (χ3v) is 5.95. The van der Waals surface area contributed by atoms with Gasteiger partial charge in [-0.15, -0.1) is 0 Å². The van der Waals surface area contributed by atoms with E-state index in [1.54, 1.807) is 7.11 Å². The van der Waals surface area contributed by atoms with Gasteiger partial charge in [0.1, 0.15) is 5.75 Å². The van der Waals surface area contributed by atoms with Crippen LogP contribution in [0.3, 0.4) is 0 Å². The first kappa shape index (κ1) is 19.9. The van der Waals surface area contributed by atoms with E-state index in [4.69, 9.17) is 4.74 Å². The zero-order valence-electron chi connectivity index (χ0n) is 16.5. The number of nitriles is 2. The number of para-hydroxylation sites is 1. The van der Waals surface area contributed by atoms with Crippen LogP contribution in [0.1, 0.15) is 36.8 Å². The predicted octanol–water partition coefficient (Wildman–Crippen LogP) is 4.67. The summed E-state index contributed by atoms with van der Waals surface area (Å²) in [5.41, 5.74) is 1.57. The van der Waals surface area contributed by atoms with Crippen LogP contribution in [-0.2, 0) is 12.0 Å². The molecule has 0 amide bonds. The summed E-state index contributed by atoms with van der Waals surface area (Å²) >= 11 is 0. The first-order valence-electron chi connectivity index (χ1n) is 9.91. The van der Waals surface area contributed by atoms with Gasteiger partial charge in [-0.2, -0.15) is 10.5 Å². The molecule has 1 aliphatic rings. The van der Waals surface area contributed by atoms with Crippen LogP contribution >= 0.6 is 0 Å². The molecule has 0 N–H and O–H groups in total. The number of rotatable bonds is 7. The molecular weight excluding hydrogens is 346 g/mol. The van der Waals surface area contributed by atoms with Crippen LogP contribution in [0.25, 0.3) is 0 Å². The van der Waals surface area contributed by atoms with E-state index < -0.39 is 5.41 Å². The summed E-state index contributed by atoms with van der Waals surface area (Å²) in [7, 11) is 1.65. The summed E-state index contributed by atoms with van der Waals surface area (Å²) in [4.78, 5) is 2.46. The summed E-state index contributed by atoms with van der Waals surface area (Å²) in [5.74, 6) is 0.961. The Morgan fingerprint density at radius 1 is 1.04 bits per heavy atom. The minimum Gasteiger partial charge on any atom is -0.496 e. The second-order valence-electron chi connectivity index (χ2n) is 7.48. The Morgan fingerprint density at radius 3 is 2.36 bits per heavy atom. The van der Waals surface area contributed by atoms with Gasteiger partial charge in [-0.1, -0.05) is 48.5 Å². The first-order valence-corrected chi connectivity index (χ1v) is 9.91. The maximum Gasteiger partial charge on any atom is 0.123 e. The Balaban J connectivity index is 1.80. The third-order valence-electron chi connectivity index (χ3n) is 5.95. The molecule has 2 aromatic carbocycles. The quantitative estimate of drug-likeness (QED) is 0.707. The molecule has 0 aromatic heterocycles. The molecule has 0 aliphatic carbocycles. The lowest BCUT2D eigenvalue weighted by Crippen LogP contribution is -2.43. The fourth-order valence-electron chi connectivity index (χ4n) is 4.46. The molecule has 144 valence electrons. The number of piperidine rings is 1. The van der Waals surface area contributed by atoms with Gasteiger partial charge in [-0.25, -0.2) is 0 Å². The van der Waals surface area contributed by atoms with Crippen LogP contribution in [0.4, 0.5) is 0 Å². The number of methoxy groups -OCH3 is 1. The topological polar surface area (TPSA) is 60.0 Å². The SMILES string of the molecule is COc1ccccc1C(C#N)(CCC#N)C1CCN(Cc2ccccc2)CC1. The molecule has 2 aromatic rings. The van der Waals surface area contributed by atoms with Crippen LogP contribution in [-0.4, -0.2) is 25.1 Å². The fraction of sp³-hybridized carbons (Fsp3) is 0.417. The van der Waals surface area contributed by atoms with E-state index in [-0.39, 0.29) is 5.92 Å². The van der Waals surface area contributed by atoms with Gasteiger partial charge in [-0.05, 0) is 49.9 Å². The number of benzene rings is 2. The van der Waals surface area contributed by atoms with E-state index >= 15 is 0 Å². The van der Waals surface area contributed by atoms with Gasteiger partial charge in [0.05, 0.1) is 24.7 Å². The van der Waals surface area contributed by atoms with Crippen molar-refractivity contribution in [2.45, 2.75) is 37.6 Å². The number of hydrogen-bond acceptors (Lipinski definition) is 4. The molecule has 0 spiro atoms. The maximum atomic E-state index is 10.3. The van der Waals surface area contributed by atoms with Crippen LogP contribution in [0.2, 0.25) is 0 Å². The van der Waals surface area contributed by atoms with Crippen LogP contribution in [0.15, 0.2) is 54.6 Å². The largest absolute Gasteiger partial charge is 0.496 e. The van der Waals surface area contributed by atoms with Crippen molar-refractivity contribution in [3.05, 3.63) is 65.7 Å². The minimum atomic E-state index is -0.679. The molecule has 3 rings (SSSR count). The normalized spacial score (nSPS) is 17.2. The highest BCUT2D eigenvalue weighted by atomic mass is 16.5. The van der Waals surface area contributed by atoms with E-state index in [0.717, 1.165) is 43.8 Å². The standard InChI is InChI=1S/C24H27N3O/c1-28-23-11-6-5-10-22(23)24(19-26,14-7-15-25)21-12-16-27(17-13-21)18-20-8-3-2-4-9-20/h2-6,8-11,21H,7,12-14,16-18H2,1H3. The first-order chi connectivity index (χ1) is 13.7. The fourth-order valence-corrected chi connectivity index (χ4v) is 4.46. The summed E-state index contributed by atoms with van der Waals surface area (Å²) in [6, 6.07) is 23.2. The van der Waals surface area contributed by atoms with Crippen molar-refractivity contribution in [2.75, 3.05) is 20.2 Å². The highest BCUT2D eigenvalue weighted by Gasteiger charge is 2.43. The molecule has 0 saturated carbocycles. The Kier molecular flexibility index (Phi) is 6.69. The molecule has 1 atom stereocenters. The number of likely N-dealkylation sites (tertiary alicyclic amines) is 1. The van der Waals surface area contributed by atoms with Crippen LogP contribution < -0.4 is 4.74 Å². The smallest absolute Gasteiger partial charge is 0.123 e. The van der Waals surface area contributed by atoms with Crippen LogP contribution in [0, 0.1) is 28.6 Å². The van der Waals surface area contributed by atoms with Crippen molar-refractivity contribution in [3.63, 3.8) is 0 Å². The molecule has 0 bridgehead atoms. The third kappa shape index (κ3) is 4.19.